The fraction of sp³-hybridized carbons (Fsp3) is 0.500. The van der Waals surface area contributed by atoms with E-state index in [-0.39, 0.29) is 5.92 Å². The fourth-order valence-corrected chi connectivity index (χ4v) is 2.57. The smallest absolute Gasteiger partial charge is 0.160 e. The molecule has 1 N–H and O–H groups in total. The number of aryl methyl sites for hydroxylation is 3. The van der Waals surface area contributed by atoms with Crippen LogP contribution in [0.3, 0.4) is 0 Å². The van der Waals surface area contributed by atoms with Gasteiger partial charge in [-0.3, -0.25) is 9.36 Å². The molecule has 0 aromatic carbocycles. The molecule has 3 rings (SSSR count). The highest BCUT2D eigenvalue weighted by molar-refractivity contribution is 5.89. The number of hydrogen-bond donors (Lipinski definition) is 1. The molecule has 3 aromatic heterocycles. The first-order chi connectivity index (χ1) is 10.9. The summed E-state index contributed by atoms with van der Waals surface area (Å²) in [6, 6.07) is 0. The van der Waals surface area contributed by atoms with Gasteiger partial charge in [-0.1, -0.05) is 13.8 Å². The first-order valence-corrected chi connectivity index (χ1v) is 7.93. The molecular weight excluding hydrogens is 290 g/mol. The third kappa shape index (κ3) is 2.56. The maximum absolute atomic E-state index is 4.75. The van der Waals surface area contributed by atoms with Gasteiger partial charge in [0.1, 0.15) is 16.9 Å². The molecule has 0 atom stereocenters. The van der Waals surface area contributed by atoms with Crippen LogP contribution in [0.1, 0.15) is 43.9 Å². The molecule has 7 heteroatoms. The number of rotatable bonds is 4. The minimum atomic E-state index is 0.249. The Morgan fingerprint density at radius 2 is 1.96 bits per heavy atom. The van der Waals surface area contributed by atoms with E-state index in [4.69, 9.17) is 9.97 Å². The summed E-state index contributed by atoms with van der Waals surface area (Å²) in [5, 5.41) is 12.3. The third-order valence-electron chi connectivity index (χ3n) is 4.08. The van der Waals surface area contributed by atoms with Crippen molar-refractivity contribution in [2.24, 2.45) is 7.05 Å². The average Bonchev–Trinajstić information content (AvgIpc) is 3.01. The molecule has 3 aromatic rings. The van der Waals surface area contributed by atoms with E-state index in [0.29, 0.717) is 0 Å². The zero-order chi connectivity index (χ0) is 16.7. The normalized spacial score (nSPS) is 11.6. The molecule has 0 fully saturated rings. The average molecular weight is 313 g/mol. The van der Waals surface area contributed by atoms with Crippen molar-refractivity contribution >= 4 is 22.5 Å². The van der Waals surface area contributed by atoms with Gasteiger partial charge in [-0.05, 0) is 20.8 Å². The van der Waals surface area contributed by atoms with Crippen molar-refractivity contribution in [3.8, 4) is 0 Å². The Bertz CT molecular complexity index is 857. The fourth-order valence-electron chi connectivity index (χ4n) is 2.57. The van der Waals surface area contributed by atoms with Crippen LogP contribution >= 0.6 is 0 Å². The van der Waals surface area contributed by atoms with E-state index in [1.54, 1.807) is 0 Å². The third-order valence-corrected chi connectivity index (χ3v) is 4.08. The second kappa shape index (κ2) is 5.64. The largest absolute Gasteiger partial charge is 0.336 e. The predicted molar refractivity (Wildman–Crippen MR) is 91.1 cm³/mol. The number of fused-ring (bicyclic) bond motifs is 1. The van der Waals surface area contributed by atoms with E-state index in [9.17, 15) is 0 Å². The van der Waals surface area contributed by atoms with Crippen molar-refractivity contribution in [3.05, 3.63) is 23.4 Å². The summed E-state index contributed by atoms with van der Waals surface area (Å²) in [5.74, 6) is 1.86. The topological polar surface area (TPSA) is 73.5 Å². The minimum Gasteiger partial charge on any atom is -0.336 e. The second-order valence-electron chi connectivity index (χ2n) is 6.08. The zero-order valence-corrected chi connectivity index (χ0v) is 14.5. The number of hydrogen-bond acceptors (Lipinski definition) is 5. The predicted octanol–water partition coefficient (Wildman–Crippen LogP) is 3.06. The van der Waals surface area contributed by atoms with Crippen molar-refractivity contribution in [3.63, 3.8) is 0 Å². The van der Waals surface area contributed by atoms with E-state index < -0.39 is 0 Å². The van der Waals surface area contributed by atoms with Gasteiger partial charge in [0.15, 0.2) is 5.82 Å². The molecule has 0 aliphatic rings. The number of nitrogens with zero attached hydrogens (tertiary/aromatic N) is 6. The Kier molecular flexibility index (Phi) is 3.79. The molecule has 0 bridgehead atoms. The van der Waals surface area contributed by atoms with E-state index in [1.807, 2.05) is 36.5 Å². The molecule has 0 saturated heterocycles. The number of nitrogens with one attached hydrogen (secondary N) is 1. The van der Waals surface area contributed by atoms with E-state index in [1.165, 1.54) is 0 Å². The Morgan fingerprint density at radius 1 is 1.22 bits per heavy atom. The van der Waals surface area contributed by atoms with Crippen LogP contribution < -0.4 is 5.32 Å². The lowest BCUT2D eigenvalue weighted by atomic mass is 10.2. The SMILES string of the molecule is CCn1nc(C)c2nc(C(C)C)nc(Nc3cnn(C)c3C)c21. The monoisotopic (exact) mass is 313 g/mol. The summed E-state index contributed by atoms with van der Waals surface area (Å²) in [5.41, 5.74) is 4.79. The molecule has 0 saturated carbocycles. The van der Waals surface area contributed by atoms with Crippen molar-refractivity contribution in [1.82, 2.24) is 29.5 Å². The lowest BCUT2D eigenvalue weighted by Gasteiger charge is -2.11. The molecule has 7 nitrogen and oxygen atoms in total. The quantitative estimate of drug-likeness (QED) is 0.801. The van der Waals surface area contributed by atoms with Crippen LogP contribution in [-0.2, 0) is 13.6 Å². The lowest BCUT2D eigenvalue weighted by molar-refractivity contribution is 0.675. The molecule has 122 valence electrons. The first kappa shape index (κ1) is 15.5. The van der Waals surface area contributed by atoms with Crippen LogP contribution in [-0.4, -0.2) is 29.5 Å². The molecule has 0 unspecified atom stereocenters. The summed E-state index contributed by atoms with van der Waals surface area (Å²) in [7, 11) is 1.93. The molecule has 0 spiro atoms. The standard InChI is InChI=1S/C16H23N7/c1-7-23-14-13(10(4)21-23)19-15(9(2)3)20-16(14)18-12-8-17-22(6)11(12)5/h8-9H,7H2,1-6H3,(H,18,19,20). The van der Waals surface area contributed by atoms with Crippen LogP contribution in [0.25, 0.3) is 11.0 Å². The van der Waals surface area contributed by atoms with Gasteiger partial charge in [-0.15, -0.1) is 0 Å². The van der Waals surface area contributed by atoms with Gasteiger partial charge < -0.3 is 5.32 Å². The lowest BCUT2D eigenvalue weighted by Crippen LogP contribution is -2.06. The van der Waals surface area contributed by atoms with E-state index >= 15 is 0 Å². The Labute approximate surface area is 135 Å². The number of aromatic nitrogens is 6. The molecule has 0 amide bonds. The summed E-state index contributed by atoms with van der Waals surface area (Å²) < 4.78 is 3.79. The maximum atomic E-state index is 4.75. The second-order valence-corrected chi connectivity index (χ2v) is 6.08. The van der Waals surface area contributed by atoms with Gasteiger partial charge in [-0.2, -0.15) is 10.2 Å². The van der Waals surface area contributed by atoms with Gasteiger partial charge in [0.05, 0.1) is 23.3 Å². The minimum absolute atomic E-state index is 0.249. The molecule has 0 aliphatic carbocycles. The molecule has 0 radical (unpaired) electrons. The zero-order valence-electron chi connectivity index (χ0n) is 14.5. The Balaban J connectivity index is 2.22. The van der Waals surface area contributed by atoms with Gasteiger partial charge in [0, 0.05) is 19.5 Å². The highest BCUT2D eigenvalue weighted by Gasteiger charge is 2.18. The van der Waals surface area contributed by atoms with Gasteiger partial charge >= 0.3 is 0 Å². The molecule has 3 heterocycles. The van der Waals surface area contributed by atoms with Crippen LogP contribution in [0.5, 0.6) is 0 Å². The van der Waals surface area contributed by atoms with Crippen molar-refractivity contribution in [2.45, 2.75) is 47.1 Å². The summed E-state index contributed by atoms with van der Waals surface area (Å²) in [6.07, 6.45) is 1.82. The highest BCUT2D eigenvalue weighted by atomic mass is 15.3. The van der Waals surface area contributed by atoms with Crippen molar-refractivity contribution in [2.75, 3.05) is 5.32 Å². The molecular formula is C16H23N7. The summed E-state index contributed by atoms with van der Waals surface area (Å²) in [4.78, 5) is 9.47. The molecule has 0 aliphatic heterocycles. The van der Waals surface area contributed by atoms with Crippen molar-refractivity contribution < 1.29 is 0 Å². The van der Waals surface area contributed by atoms with Gasteiger partial charge in [-0.25, -0.2) is 9.97 Å². The van der Waals surface area contributed by atoms with Crippen molar-refractivity contribution in [1.29, 1.82) is 0 Å². The van der Waals surface area contributed by atoms with Crippen LogP contribution in [0, 0.1) is 13.8 Å². The van der Waals surface area contributed by atoms with E-state index in [2.05, 4.69) is 36.3 Å². The summed E-state index contributed by atoms with van der Waals surface area (Å²) in [6.45, 7) is 11.1. The Morgan fingerprint density at radius 3 is 2.52 bits per heavy atom. The first-order valence-electron chi connectivity index (χ1n) is 7.93. The maximum Gasteiger partial charge on any atom is 0.160 e. The van der Waals surface area contributed by atoms with Gasteiger partial charge in [0.25, 0.3) is 0 Å². The van der Waals surface area contributed by atoms with Gasteiger partial charge in [0.2, 0.25) is 0 Å². The number of anilines is 2. The molecule has 23 heavy (non-hydrogen) atoms. The van der Waals surface area contributed by atoms with E-state index in [0.717, 1.165) is 46.3 Å². The van der Waals surface area contributed by atoms with Crippen LogP contribution in [0.15, 0.2) is 6.20 Å². The van der Waals surface area contributed by atoms with Crippen LogP contribution in [0.4, 0.5) is 11.5 Å². The summed E-state index contributed by atoms with van der Waals surface area (Å²) >= 11 is 0. The highest BCUT2D eigenvalue weighted by Crippen LogP contribution is 2.28. The van der Waals surface area contributed by atoms with Crippen LogP contribution in [0.2, 0.25) is 0 Å². The Hall–Kier alpha value is -2.44.